The Morgan fingerprint density at radius 1 is 1.30 bits per heavy atom. The van der Waals surface area contributed by atoms with Crippen LogP contribution in [-0.2, 0) is 6.54 Å². The number of carbonyl (C=O) groups excluding carboxylic acids is 1. The number of primary amides is 1. The molecule has 0 aliphatic heterocycles. The number of fused-ring (bicyclic) bond motifs is 1. The van der Waals surface area contributed by atoms with Gasteiger partial charge in [-0.25, -0.2) is 9.50 Å². The van der Waals surface area contributed by atoms with Crippen LogP contribution in [0.15, 0.2) is 30.9 Å². The van der Waals surface area contributed by atoms with Crippen LogP contribution in [-0.4, -0.2) is 30.3 Å². The molecule has 0 unspecified atom stereocenters. The average Bonchev–Trinajstić information content (AvgIpc) is 3.03. The van der Waals surface area contributed by atoms with Gasteiger partial charge in [-0.05, 0) is 12.5 Å². The van der Waals surface area contributed by atoms with Crippen LogP contribution in [0.2, 0.25) is 0 Å². The van der Waals surface area contributed by atoms with Crippen molar-refractivity contribution in [2.75, 3.05) is 0 Å². The maximum absolute atomic E-state index is 11.1. The van der Waals surface area contributed by atoms with Crippen LogP contribution >= 0.6 is 0 Å². The van der Waals surface area contributed by atoms with Gasteiger partial charge in [0.25, 0.3) is 0 Å². The van der Waals surface area contributed by atoms with Crippen molar-refractivity contribution in [2.45, 2.75) is 19.9 Å². The Bertz CT molecular complexity index is 772. The zero-order chi connectivity index (χ0) is 14.1. The lowest BCUT2D eigenvalue weighted by atomic mass is 10.3. The molecular formula is C13H14N6O. The Balaban J connectivity index is 2.01. The molecule has 0 radical (unpaired) electrons. The number of rotatable bonds is 4. The van der Waals surface area contributed by atoms with Crippen molar-refractivity contribution in [3.63, 3.8) is 0 Å². The monoisotopic (exact) mass is 270 g/mol. The van der Waals surface area contributed by atoms with Crippen LogP contribution in [0.5, 0.6) is 0 Å². The van der Waals surface area contributed by atoms with Crippen LogP contribution in [0.25, 0.3) is 16.9 Å². The highest BCUT2D eigenvalue weighted by Gasteiger charge is 2.09. The van der Waals surface area contributed by atoms with Crippen LogP contribution in [0.1, 0.15) is 23.7 Å². The molecule has 0 bridgehead atoms. The smallest absolute Gasteiger partial charge is 0.250 e. The first-order valence-electron chi connectivity index (χ1n) is 6.35. The zero-order valence-corrected chi connectivity index (χ0v) is 11.0. The molecule has 0 aliphatic rings. The molecule has 7 heteroatoms. The van der Waals surface area contributed by atoms with Gasteiger partial charge >= 0.3 is 0 Å². The molecule has 3 aromatic heterocycles. The number of imidazole rings is 1. The first-order valence-corrected chi connectivity index (χ1v) is 6.35. The Morgan fingerprint density at radius 3 is 2.90 bits per heavy atom. The molecule has 0 spiro atoms. The number of nitrogens with zero attached hydrogens (tertiary/aromatic N) is 5. The highest BCUT2D eigenvalue weighted by Crippen LogP contribution is 2.18. The van der Waals surface area contributed by atoms with E-state index < -0.39 is 5.91 Å². The second-order valence-corrected chi connectivity index (χ2v) is 4.53. The molecule has 3 heterocycles. The topological polar surface area (TPSA) is 91.1 Å². The normalized spacial score (nSPS) is 11.1. The van der Waals surface area contributed by atoms with Gasteiger partial charge in [-0.3, -0.25) is 9.48 Å². The molecule has 7 nitrogen and oxygen atoms in total. The van der Waals surface area contributed by atoms with Gasteiger partial charge < -0.3 is 5.73 Å². The lowest BCUT2D eigenvalue weighted by Gasteiger charge is -1.94. The molecule has 0 saturated heterocycles. The van der Waals surface area contributed by atoms with E-state index in [2.05, 4.69) is 22.1 Å². The van der Waals surface area contributed by atoms with Crippen LogP contribution in [0, 0.1) is 0 Å². The van der Waals surface area contributed by atoms with Crippen molar-refractivity contribution in [3.8, 4) is 11.3 Å². The van der Waals surface area contributed by atoms with Crippen LogP contribution < -0.4 is 5.73 Å². The minimum absolute atomic E-state index is 0.344. The number of hydrogen-bond acceptors (Lipinski definition) is 4. The maximum atomic E-state index is 11.1. The van der Waals surface area contributed by atoms with Gasteiger partial charge in [0.1, 0.15) is 0 Å². The first kappa shape index (κ1) is 12.3. The molecule has 3 rings (SSSR count). The fourth-order valence-electron chi connectivity index (χ4n) is 2.00. The van der Waals surface area contributed by atoms with E-state index in [4.69, 9.17) is 5.73 Å². The second-order valence-electron chi connectivity index (χ2n) is 4.53. The third-order valence-corrected chi connectivity index (χ3v) is 2.99. The molecule has 102 valence electrons. The Hall–Kier alpha value is -2.70. The summed E-state index contributed by atoms with van der Waals surface area (Å²) < 4.78 is 3.49. The molecule has 20 heavy (non-hydrogen) atoms. The van der Waals surface area contributed by atoms with Crippen LogP contribution in [0.4, 0.5) is 0 Å². The molecular weight excluding hydrogens is 256 g/mol. The highest BCUT2D eigenvalue weighted by molar-refractivity contribution is 5.93. The SMILES string of the molecule is CCCn1cc(-c2cn3ncc(C(N)=O)cc3n2)cn1. The molecule has 1 amide bonds. The fraction of sp³-hybridized carbons (Fsp3) is 0.231. The molecule has 0 aliphatic carbocycles. The summed E-state index contributed by atoms with van der Waals surface area (Å²) in [5.41, 5.74) is 7.84. The van der Waals surface area contributed by atoms with E-state index in [1.807, 2.05) is 10.9 Å². The van der Waals surface area contributed by atoms with Crippen molar-refractivity contribution in [2.24, 2.45) is 5.73 Å². The van der Waals surface area contributed by atoms with E-state index in [1.54, 1.807) is 23.0 Å². The van der Waals surface area contributed by atoms with Gasteiger partial charge in [0.05, 0.1) is 29.8 Å². The number of aryl methyl sites for hydroxylation is 1. The highest BCUT2D eigenvalue weighted by atomic mass is 16.1. The van der Waals surface area contributed by atoms with Gasteiger partial charge in [0, 0.05) is 18.3 Å². The summed E-state index contributed by atoms with van der Waals surface area (Å²) in [6.07, 6.45) is 7.97. The summed E-state index contributed by atoms with van der Waals surface area (Å²) in [6.45, 7) is 2.97. The van der Waals surface area contributed by atoms with E-state index in [9.17, 15) is 4.79 Å². The van der Waals surface area contributed by atoms with Crippen molar-refractivity contribution < 1.29 is 4.79 Å². The fourth-order valence-corrected chi connectivity index (χ4v) is 2.00. The molecule has 0 atom stereocenters. The summed E-state index contributed by atoms with van der Waals surface area (Å²) in [7, 11) is 0. The summed E-state index contributed by atoms with van der Waals surface area (Å²) in [4.78, 5) is 15.6. The van der Waals surface area contributed by atoms with E-state index >= 15 is 0 Å². The van der Waals surface area contributed by atoms with E-state index in [0.29, 0.717) is 11.2 Å². The standard InChI is InChI=1S/C13H14N6O/c1-2-3-18-7-10(6-15-18)11-8-19-12(17-11)4-9(5-16-19)13(14)20/h4-8H,2-3H2,1H3,(H2,14,20). The zero-order valence-electron chi connectivity index (χ0n) is 11.0. The first-order chi connectivity index (χ1) is 9.67. The van der Waals surface area contributed by atoms with Gasteiger partial charge in [-0.15, -0.1) is 0 Å². The Kier molecular flexibility index (Phi) is 2.94. The average molecular weight is 270 g/mol. The molecule has 0 saturated carbocycles. The Labute approximate surface area is 115 Å². The largest absolute Gasteiger partial charge is 0.366 e. The molecule has 0 fully saturated rings. The van der Waals surface area contributed by atoms with Crippen LogP contribution in [0.3, 0.4) is 0 Å². The van der Waals surface area contributed by atoms with E-state index in [-0.39, 0.29) is 0 Å². The predicted molar refractivity (Wildman–Crippen MR) is 73.0 cm³/mol. The summed E-state index contributed by atoms with van der Waals surface area (Å²) in [5, 5.41) is 8.39. The number of aromatic nitrogens is 5. The van der Waals surface area contributed by atoms with Crippen molar-refractivity contribution in [1.82, 2.24) is 24.4 Å². The van der Waals surface area contributed by atoms with Gasteiger partial charge in [0.15, 0.2) is 5.65 Å². The number of carbonyl (C=O) groups is 1. The second kappa shape index (κ2) is 4.76. The number of amides is 1. The van der Waals surface area contributed by atoms with Gasteiger partial charge in [-0.1, -0.05) is 6.92 Å². The maximum Gasteiger partial charge on any atom is 0.250 e. The summed E-state index contributed by atoms with van der Waals surface area (Å²) in [6, 6.07) is 1.62. The minimum Gasteiger partial charge on any atom is -0.366 e. The van der Waals surface area contributed by atoms with Crippen molar-refractivity contribution in [1.29, 1.82) is 0 Å². The van der Waals surface area contributed by atoms with E-state index in [1.165, 1.54) is 6.20 Å². The lowest BCUT2D eigenvalue weighted by Crippen LogP contribution is -2.11. The number of nitrogens with two attached hydrogens (primary N) is 1. The summed E-state index contributed by atoms with van der Waals surface area (Å²) in [5.74, 6) is -0.514. The predicted octanol–water partition coefficient (Wildman–Crippen LogP) is 1.10. The number of hydrogen-bond donors (Lipinski definition) is 1. The molecule has 0 aromatic carbocycles. The lowest BCUT2D eigenvalue weighted by molar-refractivity contribution is 0.1000. The van der Waals surface area contributed by atoms with Gasteiger partial charge in [0.2, 0.25) is 5.91 Å². The molecule has 3 aromatic rings. The summed E-state index contributed by atoms with van der Waals surface area (Å²) >= 11 is 0. The van der Waals surface area contributed by atoms with Crippen molar-refractivity contribution >= 4 is 11.6 Å². The van der Waals surface area contributed by atoms with Crippen molar-refractivity contribution in [3.05, 3.63) is 36.4 Å². The van der Waals surface area contributed by atoms with Gasteiger partial charge in [-0.2, -0.15) is 10.2 Å². The minimum atomic E-state index is -0.514. The molecule has 2 N–H and O–H groups in total. The third kappa shape index (κ3) is 2.13. The van der Waals surface area contributed by atoms with E-state index in [0.717, 1.165) is 24.2 Å². The Morgan fingerprint density at radius 2 is 2.15 bits per heavy atom. The quantitative estimate of drug-likeness (QED) is 0.768. The third-order valence-electron chi connectivity index (χ3n) is 2.99.